The fourth-order valence-corrected chi connectivity index (χ4v) is 1.65. The predicted octanol–water partition coefficient (Wildman–Crippen LogP) is 1.64. The van der Waals surface area contributed by atoms with Crippen LogP contribution in [0.15, 0.2) is 24.3 Å². The molecule has 0 saturated carbocycles. The zero-order valence-corrected chi connectivity index (χ0v) is 9.36. The zero-order chi connectivity index (χ0) is 11.3. The van der Waals surface area contributed by atoms with Gasteiger partial charge < -0.3 is 15.6 Å². The first-order valence-electron chi connectivity index (χ1n) is 5.20. The smallest absolute Gasteiger partial charge is 0.118 e. The minimum atomic E-state index is -0.430. The summed E-state index contributed by atoms with van der Waals surface area (Å²) >= 11 is 0. The molecule has 3 heteroatoms. The fraction of sp³-hybridized carbons (Fsp3) is 0.500. The Balaban J connectivity index is 2.92. The molecule has 1 atom stereocenters. The summed E-state index contributed by atoms with van der Waals surface area (Å²) in [5, 5.41) is 8.99. The molecule has 0 fully saturated rings. The van der Waals surface area contributed by atoms with E-state index in [4.69, 9.17) is 15.6 Å². The third-order valence-corrected chi connectivity index (χ3v) is 2.85. The number of ether oxygens (including phenoxy) is 1. The molecule has 1 unspecified atom stereocenters. The maximum Gasteiger partial charge on any atom is 0.118 e. The molecule has 0 amide bonds. The fourth-order valence-electron chi connectivity index (χ4n) is 1.65. The van der Waals surface area contributed by atoms with Crippen molar-refractivity contribution >= 4 is 0 Å². The van der Waals surface area contributed by atoms with Crippen molar-refractivity contribution in [2.24, 2.45) is 5.73 Å². The molecule has 3 nitrogen and oxygen atoms in total. The van der Waals surface area contributed by atoms with Crippen LogP contribution in [0.25, 0.3) is 0 Å². The van der Waals surface area contributed by atoms with Crippen LogP contribution in [0.3, 0.4) is 0 Å². The number of benzene rings is 1. The minimum Gasteiger partial charge on any atom is -0.497 e. The van der Waals surface area contributed by atoms with Crippen molar-refractivity contribution in [1.82, 2.24) is 0 Å². The third-order valence-electron chi connectivity index (χ3n) is 2.85. The number of rotatable bonds is 5. The predicted molar refractivity (Wildman–Crippen MR) is 60.9 cm³/mol. The molecule has 0 radical (unpaired) electrons. The molecule has 0 aliphatic carbocycles. The monoisotopic (exact) mass is 209 g/mol. The van der Waals surface area contributed by atoms with Gasteiger partial charge in [0, 0.05) is 12.1 Å². The average molecular weight is 209 g/mol. The van der Waals surface area contributed by atoms with Crippen molar-refractivity contribution in [3.05, 3.63) is 29.8 Å². The highest BCUT2D eigenvalue weighted by Gasteiger charge is 2.24. The molecule has 0 aliphatic heterocycles. The Kier molecular flexibility index (Phi) is 4.12. The average Bonchev–Trinajstić information content (AvgIpc) is 2.29. The van der Waals surface area contributed by atoms with E-state index >= 15 is 0 Å². The Morgan fingerprint density at radius 1 is 1.33 bits per heavy atom. The Hall–Kier alpha value is -1.06. The lowest BCUT2D eigenvalue weighted by Crippen LogP contribution is -2.36. The third kappa shape index (κ3) is 2.70. The van der Waals surface area contributed by atoms with Crippen molar-refractivity contribution < 1.29 is 9.84 Å². The van der Waals surface area contributed by atoms with Gasteiger partial charge in [0.25, 0.3) is 0 Å². The highest BCUT2D eigenvalue weighted by molar-refractivity contribution is 5.31. The Morgan fingerprint density at radius 2 is 1.93 bits per heavy atom. The molecule has 1 aromatic rings. The lowest BCUT2D eigenvalue weighted by molar-refractivity contribution is 0.235. The summed E-state index contributed by atoms with van der Waals surface area (Å²) < 4.78 is 5.09. The summed E-state index contributed by atoms with van der Waals surface area (Å²) in [6.45, 7) is 2.14. The molecular weight excluding hydrogens is 190 g/mol. The number of hydrogen-bond acceptors (Lipinski definition) is 3. The second-order valence-electron chi connectivity index (χ2n) is 3.71. The van der Waals surface area contributed by atoms with Gasteiger partial charge in [0.2, 0.25) is 0 Å². The minimum absolute atomic E-state index is 0.108. The van der Waals surface area contributed by atoms with Gasteiger partial charge in [-0.3, -0.25) is 0 Å². The lowest BCUT2D eigenvalue weighted by atomic mass is 9.85. The first-order valence-corrected chi connectivity index (χ1v) is 5.20. The van der Waals surface area contributed by atoms with Crippen LogP contribution < -0.4 is 10.5 Å². The van der Waals surface area contributed by atoms with E-state index in [0.717, 1.165) is 17.7 Å². The number of aliphatic hydroxyl groups is 1. The second-order valence-corrected chi connectivity index (χ2v) is 3.71. The number of aliphatic hydroxyl groups excluding tert-OH is 1. The van der Waals surface area contributed by atoms with Crippen molar-refractivity contribution in [2.45, 2.75) is 25.3 Å². The molecule has 15 heavy (non-hydrogen) atoms. The second kappa shape index (κ2) is 5.14. The van der Waals surface area contributed by atoms with E-state index in [9.17, 15) is 0 Å². The summed E-state index contributed by atoms with van der Waals surface area (Å²) in [4.78, 5) is 0. The van der Waals surface area contributed by atoms with E-state index in [1.165, 1.54) is 0 Å². The number of nitrogens with two attached hydrogens (primary N) is 1. The van der Waals surface area contributed by atoms with E-state index < -0.39 is 5.54 Å². The van der Waals surface area contributed by atoms with Gasteiger partial charge in [-0.15, -0.1) is 0 Å². The quantitative estimate of drug-likeness (QED) is 0.775. The van der Waals surface area contributed by atoms with Gasteiger partial charge in [-0.2, -0.15) is 0 Å². The topological polar surface area (TPSA) is 55.5 Å². The first kappa shape index (κ1) is 12.0. The van der Waals surface area contributed by atoms with Crippen LogP contribution in [0.5, 0.6) is 5.75 Å². The van der Waals surface area contributed by atoms with Gasteiger partial charge in [0.15, 0.2) is 0 Å². The van der Waals surface area contributed by atoms with Crippen molar-refractivity contribution in [3.63, 3.8) is 0 Å². The van der Waals surface area contributed by atoms with Crippen LogP contribution in [0, 0.1) is 0 Å². The summed E-state index contributed by atoms with van der Waals surface area (Å²) in [6.07, 6.45) is 1.38. The Bertz CT molecular complexity index is 297. The largest absolute Gasteiger partial charge is 0.497 e. The van der Waals surface area contributed by atoms with Gasteiger partial charge in [-0.1, -0.05) is 19.1 Å². The molecule has 0 heterocycles. The zero-order valence-electron chi connectivity index (χ0n) is 9.36. The van der Waals surface area contributed by atoms with E-state index in [-0.39, 0.29) is 6.61 Å². The molecule has 3 N–H and O–H groups in total. The standard InChI is InChI=1S/C12H19NO2/c1-3-12(13,8-9-14)10-4-6-11(15-2)7-5-10/h4-7,14H,3,8-9,13H2,1-2H3. The van der Waals surface area contributed by atoms with Gasteiger partial charge in [0.1, 0.15) is 5.75 Å². The van der Waals surface area contributed by atoms with Crippen LogP contribution >= 0.6 is 0 Å². The molecule has 0 bridgehead atoms. The number of methoxy groups -OCH3 is 1. The van der Waals surface area contributed by atoms with E-state index in [1.54, 1.807) is 7.11 Å². The van der Waals surface area contributed by atoms with Crippen LogP contribution in [0.1, 0.15) is 25.3 Å². The molecule has 0 saturated heterocycles. The van der Waals surface area contributed by atoms with E-state index in [0.29, 0.717) is 6.42 Å². The van der Waals surface area contributed by atoms with Crippen LogP contribution in [-0.2, 0) is 5.54 Å². The molecule has 0 aliphatic rings. The molecule has 0 aromatic heterocycles. The maximum absolute atomic E-state index is 8.99. The Morgan fingerprint density at radius 3 is 2.33 bits per heavy atom. The number of hydrogen-bond donors (Lipinski definition) is 2. The van der Waals surface area contributed by atoms with E-state index in [1.807, 2.05) is 31.2 Å². The molecule has 1 aromatic carbocycles. The summed E-state index contributed by atoms with van der Waals surface area (Å²) in [7, 11) is 1.64. The van der Waals surface area contributed by atoms with Crippen molar-refractivity contribution in [1.29, 1.82) is 0 Å². The SMILES string of the molecule is CCC(N)(CCO)c1ccc(OC)cc1. The van der Waals surface area contributed by atoms with Crippen molar-refractivity contribution in [3.8, 4) is 5.75 Å². The van der Waals surface area contributed by atoms with Crippen molar-refractivity contribution in [2.75, 3.05) is 13.7 Å². The van der Waals surface area contributed by atoms with E-state index in [2.05, 4.69) is 0 Å². The Labute approximate surface area is 90.9 Å². The first-order chi connectivity index (χ1) is 7.16. The van der Waals surface area contributed by atoms with Gasteiger partial charge in [-0.05, 0) is 30.5 Å². The highest BCUT2D eigenvalue weighted by atomic mass is 16.5. The maximum atomic E-state index is 8.99. The molecule has 84 valence electrons. The lowest BCUT2D eigenvalue weighted by Gasteiger charge is -2.28. The van der Waals surface area contributed by atoms with Crippen LogP contribution in [-0.4, -0.2) is 18.8 Å². The van der Waals surface area contributed by atoms with Gasteiger partial charge >= 0.3 is 0 Å². The molecular formula is C12H19NO2. The molecule has 1 rings (SSSR count). The van der Waals surface area contributed by atoms with Gasteiger partial charge in [-0.25, -0.2) is 0 Å². The summed E-state index contributed by atoms with van der Waals surface area (Å²) in [5.41, 5.74) is 6.83. The molecule has 0 spiro atoms. The highest BCUT2D eigenvalue weighted by Crippen LogP contribution is 2.27. The summed E-state index contributed by atoms with van der Waals surface area (Å²) in [6, 6.07) is 7.70. The normalized spacial score (nSPS) is 14.7. The summed E-state index contributed by atoms with van der Waals surface area (Å²) in [5.74, 6) is 0.821. The van der Waals surface area contributed by atoms with Crippen LogP contribution in [0.2, 0.25) is 0 Å². The van der Waals surface area contributed by atoms with Crippen LogP contribution in [0.4, 0.5) is 0 Å². The van der Waals surface area contributed by atoms with Gasteiger partial charge in [0.05, 0.1) is 7.11 Å².